The highest BCUT2D eigenvalue weighted by molar-refractivity contribution is 6.16. The van der Waals surface area contributed by atoms with Gasteiger partial charge in [0.2, 0.25) is 0 Å². The van der Waals surface area contributed by atoms with Gasteiger partial charge in [-0.25, -0.2) is 0 Å². The second kappa shape index (κ2) is 7.58. The maximum atomic E-state index is 12.8. The van der Waals surface area contributed by atoms with Gasteiger partial charge >= 0.3 is 0 Å². The first kappa shape index (κ1) is 17.2. The summed E-state index contributed by atoms with van der Waals surface area (Å²) < 4.78 is 0. The van der Waals surface area contributed by atoms with E-state index in [-0.39, 0.29) is 17.7 Å². The summed E-state index contributed by atoms with van der Waals surface area (Å²) in [5, 5.41) is 6.95. The van der Waals surface area contributed by atoms with E-state index in [4.69, 9.17) is 5.10 Å². The lowest BCUT2D eigenvalue weighted by molar-refractivity contribution is -0.118. The number of hydrogen-bond acceptors (Lipinski definition) is 3. The summed E-state index contributed by atoms with van der Waals surface area (Å²) in [5.41, 5.74) is 3.92. The molecule has 0 amide bonds. The Bertz CT molecular complexity index is 939. The third kappa shape index (κ3) is 3.41. The zero-order chi connectivity index (χ0) is 18.6. The number of anilines is 1. The Labute approximate surface area is 160 Å². The normalized spacial score (nSPS) is 21.6. The number of benzene rings is 2. The van der Waals surface area contributed by atoms with Crippen molar-refractivity contribution in [2.45, 2.75) is 19.4 Å². The van der Waals surface area contributed by atoms with Crippen LogP contribution in [0.3, 0.4) is 0 Å². The minimum Gasteiger partial charge on any atom is -0.299 e. The monoisotopic (exact) mass is 354 g/mol. The minimum absolute atomic E-state index is 0.128. The molecule has 0 bridgehead atoms. The lowest BCUT2D eigenvalue weighted by Gasteiger charge is -2.28. The number of Topliss-reactive ketones (excluding diaryl/α,β-unsaturated/α-hetero) is 1. The Morgan fingerprint density at radius 1 is 1.00 bits per heavy atom. The Balaban J connectivity index is 1.87. The smallest absolute Gasteiger partial charge is 0.141 e. The second-order valence-electron chi connectivity index (χ2n) is 6.80. The quantitative estimate of drug-likeness (QED) is 0.780. The Morgan fingerprint density at radius 3 is 2.41 bits per heavy atom. The van der Waals surface area contributed by atoms with Crippen LogP contribution in [0.2, 0.25) is 0 Å². The van der Waals surface area contributed by atoms with Gasteiger partial charge in [0.25, 0.3) is 0 Å². The first-order valence-corrected chi connectivity index (χ1v) is 9.27. The molecule has 2 aliphatic rings. The lowest BCUT2D eigenvalue weighted by Crippen LogP contribution is -2.38. The number of carbonyl (C=O) groups excluding carboxylic acids is 1. The van der Waals surface area contributed by atoms with Crippen molar-refractivity contribution in [3.8, 4) is 0 Å². The number of ketones is 1. The van der Waals surface area contributed by atoms with Crippen molar-refractivity contribution in [2.75, 3.05) is 5.01 Å². The molecule has 2 aromatic carbocycles. The minimum atomic E-state index is -0.310. The molecule has 134 valence electrons. The summed E-state index contributed by atoms with van der Waals surface area (Å²) in [4.78, 5) is 12.8. The van der Waals surface area contributed by atoms with Crippen molar-refractivity contribution in [3.05, 3.63) is 102 Å². The molecule has 0 saturated heterocycles. The number of para-hydroxylation sites is 1. The molecule has 0 aromatic heterocycles. The van der Waals surface area contributed by atoms with Crippen molar-refractivity contribution in [3.63, 3.8) is 0 Å². The highest BCUT2D eigenvalue weighted by Crippen LogP contribution is 2.36. The Morgan fingerprint density at radius 2 is 1.70 bits per heavy atom. The van der Waals surface area contributed by atoms with Crippen LogP contribution in [0.15, 0.2) is 102 Å². The van der Waals surface area contributed by atoms with Crippen LogP contribution in [0, 0.1) is 5.92 Å². The molecule has 0 fully saturated rings. The second-order valence-corrected chi connectivity index (χ2v) is 6.80. The van der Waals surface area contributed by atoms with Gasteiger partial charge in [-0.3, -0.25) is 9.80 Å². The fourth-order valence-corrected chi connectivity index (χ4v) is 3.72. The summed E-state index contributed by atoms with van der Waals surface area (Å²) >= 11 is 0. The molecule has 3 heteroatoms. The fourth-order valence-electron chi connectivity index (χ4n) is 3.72. The predicted molar refractivity (Wildman–Crippen MR) is 111 cm³/mol. The highest BCUT2D eigenvalue weighted by atomic mass is 16.1. The number of nitrogens with zero attached hydrogens (tertiary/aromatic N) is 2. The molecule has 1 aliphatic carbocycles. The number of hydrogen-bond donors (Lipinski definition) is 0. The predicted octanol–water partition coefficient (Wildman–Crippen LogP) is 4.93. The van der Waals surface area contributed by atoms with Crippen LogP contribution in [0.4, 0.5) is 5.69 Å². The van der Waals surface area contributed by atoms with Crippen LogP contribution in [0.1, 0.15) is 18.9 Å². The highest BCUT2D eigenvalue weighted by Gasteiger charge is 2.42. The molecular weight excluding hydrogens is 332 g/mol. The average molecular weight is 354 g/mol. The number of allylic oxidation sites excluding steroid dienone is 4. The van der Waals surface area contributed by atoms with E-state index < -0.39 is 0 Å². The van der Waals surface area contributed by atoms with Gasteiger partial charge < -0.3 is 0 Å². The van der Waals surface area contributed by atoms with Crippen molar-refractivity contribution >= 4 is 17.2 Å². The molecule has 2 aromatic rings. The standard InChI is InChI=1S/C24H22N2O/c1-18(27)22-23(19-12-8-4-9-13-19)25-26(21-16-10-5-11-17-21)24(22)20-14-6-2-3-7-15-20/h2,4-17,22,24H,3H2,1H3. The van der Waals surface area contributed by atoms with Crippen LogP contribution >= 0.6 is 0 Å². The van der Waals surface area contributed by atoms with Gasteiger partial charge in [-0.1, -0.05) is 78.9 Å². The molecule has 0 saturated carbocycles. The molecule has 0 N–H and O–H groups in total. The zero-order valence-corrected chi connectivity index (χ0v) is 15.3. The van der Waals surface area contributed by atoms with Gasteiger partial charge in [-0.15, -0.1) is 0 Å². The topological polar surface area (TPSA) is 32.7 Å². The zero-order valence-electron chi connectivity index (χ0n) is 15.3. The van der Waals surface area contributed by atoms with Gasteiger partial charge in [0, 0.05) is 0 Å². The largest absolute Gasteiger partial charge is 0.299 e. The number of hydrazone groups is 1. The van der Waals surface area contributed by atoms with Crippen LogP contribution < -0.4 is 5.01 Å². The molecule has 0 radical (unpaired) electrons. The van der Waals surface area contributed by atoms with Crippen molar-refractivity contribution in [1.29, 1.82) is 0 Å². The summed E-state index contributed by atoms with van der Waals surface area (Å²) in [7, 11) is 0. The van der Waals surface area contributed by atoms with Gasteiger partial charge in [-0.05, 0) is 36.6 Å². The molecule has 0 spiro atoms. The van der Waals surface area contributed by atoms with Crippen LogP contribution in [-0.4, -0.2) is 17.5 Å². The maximum absolute atomic E-state index is 12.8. The van der Waals surface area contributed by atoms with Gasteiger partial charge in [0.1, 0.15) is 5.78 Å². The van der Waals surface area contributed by atoms with Crippen molar-refractivity contribution in [1.82, 2.24) is 0 Å². The molecule has 1 aliphatic heterocycles. The van der Waals surface area contributed by atoms with Crippen molar-refractivity contribution in [2.24, 2.45) is 11.0 Å². The van der Waals surface area contributed by atoms with Gasteiger partial charge in [0.05, 0.1) is 23.4 Å². The van der Waals surface area contributed by atoms with Crippen LogP contribution in [0.25, 0.3) is 0 Å². The van der Waals surface area contributed by atoms with Gasteiger partial charge in [0.15, 0.2) is 0 Å². The van der Waals surface area contributed by atoms with Crippen LogP contribution in [-0.2, 0) is 4.79 Å². The van der Waals surface area contributed by atoms with E-state index in [1.807, 2.05) is 65.7 Å². The average Bonchev–Trinajstić information content (AvgIpc) is 2.91. The van der Waals surface area contributed by atoms with E-state index in [1.165, 1.54) is 0 Å². The summed E-state index contributed by atoms with van der Waals surface area (Å²) in [6.07, 6.45) is 11.4. The number of rotatable bonds is 4. The molecule has 27 heavy (non-hydrogen) atoms. The molecule has 4 rings (SSSR count). The summed E-state index contributed by atoms with van der Waals surface area (Å²) in [6, 6.07) is 19.9. The first-order valence-electron chi connectivity index (χ1n) is 9.27. The van der Waals surface area contributed by atoms with Crippen LogP contribution in [0.5, 0.6) is 0 Å². The Hall–Kier alpha value is -3.20. The third-order valence-electron chi connectivity index (χ3n) is 4.97. The SMILES string of the molecule is CC(=O)C1C(c2ccccc2)=NN(c2ccccc2)C1C1=CC=CCC=C1. The lowest BCUT2D eigenvalue weighted by atomic mass is 9.84. The van der Waals surface area contributed by atoms with E-state index in [2.05, 4.69) is 30.4 Å². The fraction of sp³-hybridized carbons (Fsp3) is 0.167. The van der Waals surface area contributed by atoms with Gasteiger partial charge in [-0.2, -0.15) is 5.10 Å². The molecule has 2 atom stereocenters. The van der Waals surface area contributed by atoms with E-state index in [9.17, 15) is 4.79 Å². The maximum Gasteiger partial charge on any atom is 0.141 e. The summed E-state index contributed by atoms with van der Waals surface area (Å²) in [5.74, 6) is -0.182. The molecular formula is C24H22N2O. The number of carbonyl (C=O) groups is 1. The third-order valence-corrected chi connectivity index (χ3v) is 4.97. The molecule has 3 nitrogen and oxygen atoms in total. The van der Waals surface area contributed by atoms with Crippen molar-refractivity contribution < 1.29 is 4.79 Å². The van der Waals surface area contributed by atoms with E-state index in [0.717, 1.165) is 29.0 Å². The van der Waals surface area contributed by atoms with E-state index >= 15 is 0 Å². The summed E-state index contributed by atoms with van der Waals surface area (Å²) in [6.45, 7) is 1.67. The van der Waals surface area contributed by atoms with E-state index in [1.54, 1.807) is 6.92 Å². The first-order chi connectivity index (χ1) is 13.3. The Kier molecular flexibility index (Phi) is 4.84. The van der Waals surface area contributed by atoms with E-state index in [0.29, 0.717) is 0 Å². The molecule has 1 heterocycles. The molecule has 2 unspecified atom stereocenters.